The molecule has 6 heteroatoms. The number of methoxy groups -OCH3 is 1. The smallest absolute Gasteiger partial charge is 0.265 e. The Morgan fingerprint density at radius 2 is 2.29 bits per heavy atom. The van der Waals surface area contributed by atoms with Gasteiger partial charge >= 0.3 is 0 Å². The maximum Gasteiger partial charge on any atom is 0.265 e. The van der Waals surface area contributed by atoms with Crippen LogP contribution in [-0.2, 0) is 0 Å². The van der Waals surface area contributed by atoms with Crippen molar-refractivity contribution >= 4 is 22.9 Å². The molecule has 108 valence electrons. The zero-order valence-corrected chi connectivity index (χ0v) is 12.1. The molecule has 0 atom stereocenters. The molecular weight excluding hydrogens is 291 g/mol. The third-order valence-corrected chi connectivity index (χ3v) is 3.49. The molecule has 0 aliphatic rings. The van der Waals surface area contributed by atoms with E-state index in [-0.39, 0.29) is 18.1 Å². The minimum Gasteiger partial charge on any atom is -0.496 e. The molecular formula is C15H13FN2O2S. The van der Waals surface area contributed by atoms with Gasteiger partial charge in [-0.1, -0.05) is 11.8 Å². The van der Waals surface area contributed by atoms with Crippen molar-refractivity contribution in [2.24, 2.45) is 5.73 Å². The Morgan fingerprint density at radius 1 is 1.48 bits per heavy atom. The van der Waals surface area contributed by atoms with E-state index in [9.17, 15) is 9.18 Å². The minimum absolute atomic E-state index is 0.102. The van der Waals surface area contributed by atoms with Crippen molar-refractivity contribution in [1.82, 2.24) is 0 Å². The number of nitrogens with two attached hydrogens (primary N) is 1. The first kappa shape index (κ1) is 15.0. The van der Waals surface area contributed by atoms with Gasteiger partial charge in [0, 0.05) is 17.0 Å². The number of carbonyl (C=O) groups is 1. The van der Waals surface area contributed by atoms with Gasteiger partial charge in [-0.2, -0.15) is 0 Å². The predicted molar refractivity (Wildman–Crippen MR) is 81.2 cm³/mol. The van der Waals surface area contributed by atoms with E-state index < -0.39 is 5.82 Å². The number of nitrogens with one attached hydrogen (secondary N) is 1. The van der Waals surface area contributed by atoms with Gasteiger partial charge in [-0.05, 0) is 18.2 Å². The molecule has 4 nitrogen and oxygen atoms in total. The molecule has 0 aliphatic carbocycles. The quantitative estimate of drug-likeness (QED) is 0.856. The number of ether oxygens (including phenoxy) is 1. The van der Waals surface area contributed by atoms with Gasteiger partial charge in [0.25, 0.3) is 5.91 Å². The Kier molecular flexibility index (Phi) is 4.93. The number of halogens is 1. The molecule has 1 aromatic carbocycles. The van der Waals surface area contributed by atoms with Crippen LogP contribution < -0.4 is 15.8 Å². The maximum absolute atomic E-state index is 13.9. The standard InChI is InChI=1S/C15H13FN2O2S/c1-20-11-8-14(21-9-11)15(19)18-13-5-4-10(3-2-6-17)7-12(13)16/h4-5,7-9H,6,17H2,1H3,(H,18,19). The number of rotatable bonds is 3. The van der Waals surface area contributed by atoms with E-state index in [0.717, 1.165) is 0 Å². The summed E-state index contributed by atoms with van der Waals surface area (Å²) in [6.45, 7) is 0.209. The molecule has 1 heterocycles. The van der Waals surface area contributed by atoms with E-state index in [0.29, 0.717) is 16.2 Å². The maximum atomic E-state index is 13.9. The highest BCUT2D eigenvalue weighted by Gasteiger charge is 2.12. The van der Waals surface area contributed by atoms with Gasteiger partial charge in [0.05, 0.1) is 24.2 Å². The fraction of sp³-hybridized carbons (Fsp3) is 0.133. The second-order valence-electron chi connectivity index (χ2n) is 4.01. The van der Waals surface area contributed by atoms with Crippen molar-refractivity contribution in [3.8, 4) is 17.6 Å². The second-order valence-corrected chi connectivity index (χ2v) is 4.92. The van der Waals surface area contributed by atoms with Crippen LogP contribution in [0.2, 0.25) is 0 Å². The van der Waals surface area contributed by atoms with Gasteiger partial charge in [0.1, 0.15) is 11.6 Å². The van der Waals surface area contributed by atoms with Crippen LogP contribution in [0, 0.1) is 17.7 Å². The molecule has 0 saturated heterocycles. The van der Waals surface area contributed by atoms with Crippen LogP contribution in [0.4, 0.5) is 10.1 Å². The number of thiophene rings is 1. The highest BCUT2D eigenvalue weighted by molar-refractivity contribution is 7.12. The van der Waals surface area contributed by atoms with E-state index in [1.54, 1.807) is 17.5 Å². The third kappa shape index (κ3) is 3.81. The van der Waals surface area contributed by atoms with E-state index in [4.69, 9.17) is 10.5 Å². The lowest BCUT2D eigenvalue weighted by Crippen LogP contribution is -2.11. The first-order valence-electron chi connectivity index (χ1n) is 6.06. The number of carbonyl (C=O) groups excluding carboxylic acids is 1. The average molecular weight is 304 g/mol. The van der Waals surface area contributed by atoms with Gasteiger partial charge in [-0.15, -0.1) is 11.3 Å². The SMILES string of the molecule is COc1csc(C(=O)Nc2ccc(C#CCN)cc2F)c1. The zero-order chi connectivity index (χ0) is 15.2. The lowest BCUT2D eigenvalue weighted by Gasteiger charge is -2.05. The van der Waals surface area contributed by atoms with Crippen LogP contribution in [0.15, 0.2) is 29.6 Å². The van der Waals surface area contributed by atoms with Gasteiger partial charge in [-0.3, -0.25) is 4.79 Å². The van der Waals surface area contributed by atoms with E-state index >= 15 is 0 Å². The first-order chi connectivity index (χ1) is 10.1. The van der Waals surface area contributed by atoms with E-state index in [2.05, 4.69) is 17.2 Å². The Hall–Kier alpha value is -2.36. The van der Waals surface area contributed by atoms with Crippen molar-refractivity contribution in [3.63, 3.8) is 0 Å². The Balaban J connectivity index is 2.14. The summed E-state index contributed by atoms with van der Waals surface area (Å²) in [5.41, 5.74) is 5.87. The number of benzene rings is 1. The van der Waals surface area contributed by atoms with Gasteiger partial charge in [-0.25, -0.2) is 4.39 Å². The highest BCUT2D eigenvalue weighted by atomic mass is 32.1. The molecule has 3 N–H and O–H groups in total. The van der Waals surface area contributed by atoms with Gasteiger partial charge < -0.3 is 15.8 Å². The zero-order valence-electron chi connectivity index (χ0n) is 11.3. The molecule has 0 saturated carbocycles. The molecule has 0 unspecified atom stereocenters. The largest absolute Gasteiger partial charge is 0.496 e. The molecule has 1 amide bonds. The van der Waals surface area contributed by atoms with Gasteiger partial charge in [0.2, 0.25) is 0 Å². The molecule has 21 heavy (non-hydrogen) atoms. The van der Waals surface area contributed by atoms with Crippen molar-refractivity contribution in [3.05, 3.63) is 45.9 Å². The van der Waals surface area contributed by atoms with Crippen LogP contribution in [0.1, 0.15) is 15.2 Å². The lowest BCUT2D eigenvalue weighted by molar-refractivity contribution is 0.103. The molecule has 2 rings (SSSR count). The van der Waals surface area contributed by atoms with Gasteiger partial charge in [0.15, 0.2) is 0 Å². The van der Waals surface area contributed by atoms with Crippen molar-refractivity contribution in [2.45, 2.75) is 0 Å². The summed E-state index contributed by atoms with van der Waals surface area (Å²) in [5.74, 6) is 5.03. The first-order valence-corrected chi connectivity index (χ1v) is 6.94. The normalized spacial score (nSPS) is 9.67. The monoisotopic (exact) mass is 304 g/mol. The molecule has 2 aromatic rings. The lowest BCUT2D eigenvalue weighted by atomic mass is 10.2. The van der Waals surface area contributed by atoms with E-state index in [1.807, 2.05) is 0 Å². The van der Waals surface area contributed by atoms with Crippen molar-refractivity contribution in [2.75, 3.05) is 19.0 Å². The Bertz CT molecular complexity index is 716. The molecule has 0 radical (unpaired) electrons. The summed E-state index contributed by atoms with van der Waals surface area (Å²) in [4.78, 5) is 12.4. The molecule has 0 fully saturated rings. The summed E-state index contributed by atoms with van der Waals surface area (Å²) >= 11 is 1.23. The number of amides is 1. The highest BCUT2D eigenvalue weighted by Crippen LogP contribution is 2.23. The van der Waals surface area contributed by atoms with E-state index in [1.165, 1.54) is 30.6 Å². The molecule has 0 bridgehead atoms. The number of hydrogen-bond donors (Lipinski definition) is 2. The summed E-state index contributed by atoms with van der Waals surface area (Å²) in [7, 11) is 1.52. The molecule has 1 aromatic heterocycles. The third-order valence-electron chi connectivity index (χ3n) is 2.59. The van der Waals surface area contributed by atoms with Crippen LogP contribution in [0.3, 0.4) is 0 Å². The molecule has 0 aliphatic heterocycles. The fourth-order valence-corrected chi connectivity index (χ4v) is 2.33. The summed E-state index contributed by atoms with van der Waals surface area (Å²) in [6, 6.07) is 5.95. The predicted octanol–water partition coefficient (Wildman–Crippen LogP) is 2.46. The summed E-state index contributed by atoms with van der Waals surface area (Å²) in [6.07, 6.45) is 0. The Labute approximate surface area is 125 Å². The summed E-state index contributed by atoms with van der Waals surface area (Å²) < 4.78 is 18.9. The van der Waals surface area contributed by atoms with Crippen LogP contribution in [-0.4, -0.2) is 19.6 Å². The molecule has 0 spiro atoms. The topological polar surface area (TPSA) is 64.3 Å². The number of hydrogen-bond acceptors (Lipinski definition) is 4. The van der Waals surface area contributed by atoms with Crippen molar-refractivity contribution in [1.29, 1.82) is 0 Å². The second kappa shape index (κ2) is 6.88. The minimum atomic E-state index is -0.546. The Morgan fingerprint density at radius 3 is 2.90 bits per heavy atom. The van der Waals surface area contributed by atoms with Crippen LogP contribution >= 0.6 is 11.3 Å². The average Bonchev–Trinajstić information content (AvgIpc) is 2.96. The summed E-state index contributed by atoms with van der Waals surface area (Å²) in [5, 5.41) is 4.22. The van der Waals surface area contributed by atoms with Crippen LogP contribution in [0.5, 0.6) is 5.75 Å². The van der Waals surface area contributed by atoms with Crippen LogP contribution in [0.25, 0.3) is 0 Å². The number of anilines is 1. The fourth-order valence-electron chi connectivity index (χ4n) is 1.58. The van der Waals surface area contributed by atoms with Crippen molar-refractivity contribution < 1.29 is 13.9 Å².